The molecule has 2 aromatic carbocycles. The summed E-state index contributed by atoms with van der Waals surface area (Å²) in [6.07, 6.45) is 2.00. The molecule has 0 saturated carbocycles. The number of carbonyl (C=O) groups is 1. The Morgan fingerprint density at radius 2 is 1.88 bits per heavy atom. The number of anilines is 1. The molecule has 140 valence electrons. The molecular formula is C18H20F2N2O3S. The number of carbonyl (C=O) groups excluding carboxylic acids is 1. The molecule has 0 spiro atoms. The average molecular weight is 382 g/mol. The number of halogens is 2. The lowest BCUT2D eigenvalue weighted by Crippen LogP contribution is -2.30. The molecular weight excluding hydrogens is 362 g/mol. The van der Waals surface area contributed by atoms with Gasteiger partial charge in [0.05, 0.1) is 7.11 Å². The highest BCUT2D eigenvalue weighted by atomic mass is 32.2. The van der Waals surface area contributed by atoms with Crippen LogP contribution in [0.1, 0.15) is 5.56 Å². The molecule has 0 aromatic heterocycles. The predicted molar refractivity (Wildman–Crippen MR) is 98.3 cm³/mol. The SMILES string of the molecule is COc1ccc(NC(=O)N(C)Cc2ccc(SC)cc2)cc1OC(F)F. The number of hydrogen-bond donors (Lipinski definition) is 1. The summed E-state index contributed by atoms with van der Waals surface area (Å²) in [5.74, 6) is 0.0149. The third kappa shape index (κ3) is 5.52. The molecule has 26 heavy (non-hydrogen) atoms. The molecule has 2 amide bonds. The van der Waals surface area contributed by atoms with Gasteiger partial charge in [-0.15, -0.1) is 11.8 Å². The molecule has 2 rings (SSSR count). The smallest absolute Gasteiger partial charge is 0.387 e. The third-order valence-electron chi connectivity index (χ3n) is 3.56. The van der Waals surface area contributed by atoms with Crippen molar-refractivity contribution in [3.05, 3.63) is 48.0 Å². The first-order valence-electron chi connectivity index (χ1n) is 7.71. The molecule has 0 heterocycles. The zero-order valence-corrected chi connectivity index (χ0v) is 15.5. The van der Waals surface area contributed by atoms with Crippen LogP contribution in [-0.4, -0.2) is 38.0 Å². The van der Waals surface area contributed by atoms with Gasteiger partial charge in [-0.05, 0) is 36.1 Å². The third-order valence-corrected chi connectivity index (χ3v) is 4.30. The van der Waals surface area contributed by atoms with E-state index in [-0.39, 0.29) is 17.5 Å². The molecule has 8 heteroatoms. The summed E-state index contributed by atoms with van der Waals surface area (Å²) >= 11 is 1.64. The van der Waals surface area contributed by atoms with Gasteiger partial charge in [0.25, 0.3) is 0 Å². The van der Waals surface area contributed by atoms with Crippen LogP contribution >= 0.6 is 11.8 Å². The summed E-state index contributed by atoms with van der Waals surface area (Å²) in [6.45, 7) is -2.57. The van der Waals surface area contributed by atoms with Crippen molar-refractivity contribution in [2.45, 2.75) is 18.1 Å². The number of hydrogen-bond acceptors (Lipinski definition) is 4. The van der Waals surface area contributed by atoms with Gasteiger partial charge < -0.3 is 19.7 Å². The quantitative estimate of drug-likeness (QED) is 0.707. The molecule has 0 aliphatic heterocycles. The number of nitrogens with one attached hydrogen (secondary N) is 1. The molecule has 0 aliphatic rings. The molecule has 5 nitrogen and oxygen atoms in total. The fraction of sp³-hybridized carbons (Fsp3) is 0.278. The van der Waals surface area contributed by atoms with Crippen LogP contribution in [0.3, 0.4) is 0 Å². The highest BCUT2D eigenvalue weighted by Crippen LogP contribution is 2.31. The first-order chi connectivity index (χ1) is 12.4. The van der Waals surface area contributed by atoms with Crippen molar-refractivity contribution in [2.75, 3.05) is 25.7 Å². The van der Waals surface area contributed by atoms with E-state index in [4.69, 9.17) is 4.74 Å². The van der Waals surface area contributed by atoms with Gasteiger partial charge in [0.2, 0.25) is 0 Å². The Hall–Kier alpha value is -2.48. The van der Waals surface area contributed by atoms with Crippen LogP contribution in [-0.2, 0) is 6.54 Å². The van der Waals surface area contributed by atoms with Crippen molar-refractivity contribution in [1.82, 2.24) is 4.90 Å². The van der Waals surface area contributed by atoms with Gasteiger partial charge in [0.15, 0.2) is 11.5 Å². The van der Waals surface area contributed by atoms with E-state index < -0.39 is 6.61 Å². The molecule has 0 atom stereocenters. The van der Waals surface area contributed by atoms with E-state index in [1.54, 1.807) is 24.9 Å². The van der Waals surface area contributed by atoms with Crippen LogP contribution in [0.2, 0.25) is 0 Å². The Kier molecular flexibility index (Phi) is 7.08. The summed E-state index contributed by atoms with van der Waals surface area (Å²) in [5.41, 5.74) is 1.31. The van der Waals surface area contributed by atoms with Gasteiger partial charge in [0.1, 0.15) is 0 Å². The Balaban J connectivity index is 2.03. The number of urea groups is 1. The van der Waals surface area contributed by atoms with Crippen molar-refractivity contribution < 1.29 is 23.0 Å². The van der Waals surface area contributed by atoms with Gasteiger partial charge in [-0.3, -0.25) is 0 Å². The number of methoxy groups -OCH3 is 1. The minimum absolute atomic E-state index is 0.143. The molecule has 0 radical (unpaired) electrons. The summed E-state index contributed by atoms with van der Waals surface area (Å²) in [5, 5.41) is 2.65. The summed E-state index contributed by atoms with van der Waals surface area (Å²) in [7, 11) is 3.00. The first-order valence-corrected chi connectivity index (χ1v) is 8.93. The second-order valence-electron chi connectivity index (χ2n) is 5.38. The van der Waals surface area contributed by atoms with E-state index in [1.165, 1.54) is 24.1 Å². The minimum atomic E-state index is -2.98. The zero-order chi connectivity index (χ0) is 19.1. The van der Waals surface area contributed by atoms with Crippen molar-refractivity contribution in [2.24, 2.45) is 0 Å². The van der Waals surface area contributed by atoms with Crippen LogP contribution in [0, 0.1) is 0 Å². The van der Waals surface area contributed by atoms with Gasteiger partial charge in [-0.25, -0.2) is 4.79 Å². The lowest BCUT2D eigenvalue weighted by atomic mass is 10.2. The maximum atomic E-state index is 12.5. The topological polar surface area (TPSA) is 50.8 Å². The second-order valence-corrected chi connectivity index (χ2v) is 6.26. The van der Waals surface area contributed by atoms with E-state index in [0.29, 0.717) is 12.2 Å². The molecule has 1 N–H and O–H groups in total. The number of alkyl halides is 2. The van der Waals surface area contributed by atoms with E-state index in [2.05, 4.69) is 10.1 Å². The fourth-order valence-electron chi connectivity index (χ4n) is 2.24. The number of nitrogens with zero attached hydrogens (tertiary/aromatic N) is 1. The van der Waals surface area contributed by atoms with Gasteiger partial charge in [-0.1, -0.05) is 12.1 Å². The average Bonchev–Trinajstić information content (AvgIpc) is 2.62. The largest absolute Gasteiger partial charge is 0.493 e. The minimum Gasteiger partial charge on any atom is -0.493 e. The highest BCUT2D eigenvalue weighted by molar-refractivity contribution is 7.98. The Bertz CT molecular complexity index is 742. The molecule has 0 saturated heterocycles. The van der Waals surface area contributed by atoms with Crippen molar-refractivity contribution >= 4 is 23.5 Å². The van der Waals surface area contributed by atoms with Crippen LogP contribution in [0.15, 0.2) is 47.4 Å². The molecule has 0 fully saturated rings. The highest BCUT2D eigenvalue weighted by Gasteiger charge is 2.14. The van der Waals surface area contributed by atoms with Crippen molar-refractivity contribution in [1.29, 1.82) is 0 Å². The maximum absolute atomic E-state index is 12.5. The lowest BCUT2D eigenvalue weighted by molar-refractivity contribution is -0.0511. The van der Waals surface area contributed by atoms with Gasteiger partial charge in [-0.2, -0.15) is 8.78 Å². The summed E-state index contributed by atoms with van der Waals surface area (Å²) < 4.78 is 34.3. The Morgan fingerprint density at radius 1 is 1.19 bits per heavy atom. The normalized spacial score (nSPS) is 10.5. The van der Waals surface area contributed by atoms with E-state index in [1.807, 2.05) is 30.5 Å². The summed E-state index contributed by atoms with van der Waals surface area (Å²) in [4.78, 5) is 15.0. The van der Waals surface area contributed by atoms with Crippen LogP contribution in [0.4, 0.5) is 19.3 Å². The number of benzene rings is 2. The number of amides is 2. The molecule has 0 bridgehead atoms. The van der Waals surface area contributed by atoms with Crippen molar-refractivity contribution in [3.63, 3.8) is 0 Å². The lowest BCUT2D eigenvalue weighted by Gasteiger charge is -2.19. The summed E-state index contributed by atoms with van der Waals surface area (Å²) in [6, 6.07) is 11.8. The maximum Gasteiger partial charge on any atom is 0.387 e. The number of ether oxygens (including phenoxy) is 2. The standard InChI is InChI=1S/C18H20F2N2O3S/c1-22(11-12-4-7-14(26-3)8-5-12)18(23)21-13-6-9-15(24-2)16(10-13)25-17(19)20/h4-10,17H,11H2,1-3H3,(H,21,23). The zero-order valence-electron chi connectivity index (χ0n) is 14.7. The molecule has 0 unspecified atom stereocenters. The van der Waals surface area contributed by atoms with E-state index in [0.717, 1.165) is 10.5 Å². The Morgan fingerprint density at radius 3 is 2.46 bits per heavy atom. The van der Waals surface area contributed by atoms with Gasteiger partial charge in [0, 0.05) is 30.2 Å². The molecule has 0 aliphatic carbocycles. The van der Waals surface area contributed by atoms with Gasteiger partial charge >= 0.3 is 12.6 Å². The Labute approximate surface area is 155 Å². The predicted octanol–water partition coefficient (Wildman–Crippen LogP) is 4.68. The molecule has 2 aromatic rings. The van der Waals surface area contributed by atoms with E-state index in [9.17, 15) is 13.6 Å². The van der Waals surface area contributed by atoms with Crippen LogP contribution < -0.4 is 14.8 Å². The second kappa shape index (κ2) is 9.28. The fourth-order valence-corrected chi connectivity index (χ4v) is 2.65. The number of rotatable bonds is 7. The van der Waals surface area contributed by atoms with Crippen LogP contribution in [0.25, 0.3) is 0 Å². The van der Waals surface area contributed by atoms with Crippen LogP contribution in [0.5, 0.6) is 11.5 Å². The van der Waals surface area contributed by atoms with E-state index >= 15 is 0 Å². The first kappa shape index (κ1) is 19.8. The monoisotopic (exact) mass is 382 g/mol. The number of thioether (sulfide) groups is 1. The van der Waals surface area contributed by atoms with Crippen molar-refractivity contribution in [3.8, 4) is 11.5 Å².